The van der Waals surface area contributed by atoms with Crippen LogP contribution in [0.1, 0.15) is 13.3 Å². The quantitative estimate of drug-likeness (QED) is 0.550. The summed E-state index contributed by atoms with van der Waals surface area (Å²) in [5.74, 6) is 0. The van der Waals surface area contributed by atoms with Crippen molar-refractivity contribution in [1.82, 2.24) is 0 Å². The predicted molar refractivity (Wildman–Crippen MR) is 52.0 cm³/mol. The number of ether oxygens (including phenoxy) is 1. The van der Waals surface area contributed by atoms with Gasteiger partial charge in [-0.3, -0.25) is 0 Å². The molecule has 3 nitrogen and oxygen atoms in total. The highest BCUT2D eigenvalue weighted by molar-refractivity contribution is 14.1. The van der Waals surface area contributed by atoms with Gasteiger partial charge < -0.3 is 14.9 Å². The first-order valence-corrected chi connectivity index (χ1v) is 4.96. The third-order valence-corrected chi connectivity index (χ3v) is 2.03. The van der Waals surface area contributed by atoms with E-state index in [1.165, 1.54) is 0 Å². The lowest BCUT2D eigenvalue weighted by Gasteiger charge is -2.10. The van der Waals surface area contributed by atoms with Crippen molar-refractivity contribution in [2.75, 3.05) is 19.8 Å². The van der Waals surface area contributed by atoms with Crippen LogP contribution in [0.4, 0.5) is 0 Å². The molecule has 0 aromatic carbocycles. The largest absolute Gasteiger partial charge is 0.395 e. The summed E-state index contributed by atoms with van der Waals surface area (Å²) in [5, 5.41) is 17.7. The highest BCUT2D eigenvalue weighted by atomic mass is 127. The fourth-order valence-electron chi connectivity index (χ4n) is 0.503. The van der Waals surface area contributed by atoms with E-state index in [1.807, 2.05) is 6.92 Å². The Bertz CT molecular complexity index is 79.8. The van der Waals surface area contributed by atoms with Gasteiger partial charge in [0.15, 0.2) is 0 Å². The predicted octanol–water partition coefficient (Wildman–Crippen LogP) is 0.570. The third-order valence-electron chi connectivity index (χ3n) is 1.28. The molecular formula is C7H15IO3. The lowest BCUT2D eigenvalue weighted by Crippen LogP contribution is -2.19. The van der Waals surface area contributed by atoms with Crippen molar-refractivity contribution in [2.24, 2.45) is 0 Å². The van der Waals surface area contributed by atoms with Gasteiger partial charge in [0.25, 0.3) is 0 Å². The second kappa shape index (κ2) is 7.27. The molecule has 68 valence electrons. The van der Waals surface area contributed by atoms with Crippen molar-refractivity contribution in [2.45, 2.75) is 23.4 Å². The van der Waals surface area contributed by atoms with Gasteiger partial charge in [-0.1, -0.05) is 29.5 Å². The molecule has 0 aliphatic heterocycles. The molecule has 0 fully saturated rings. The van der Waals surface area contributed by atoms with Gasteiger partial charge in [-0.2, -0.15) is 0 Å². The van der Waals surface area contributed by atoms with Crippen LogP contribution in [0.15, 0.2) is 0 Å². The minimum atomic E-state index is -0.364. The Labute approximate surface area is 80.9 Å². The number of alkyl halides is 1. The first-order valence-electron chi connectivity index (χ1n) is 3.71. The minimum absolute atomic E-state index is 0.128. The number of rotatable bonds is 6. The summed E-state index contributed by atoms with van der Waals surface area (Å²) in [7, 11) is 0. The monoisotopic (exact) mass is 274 g/mol. The Morgan fingerprint density at radius 2 is 2.09 bits per heavy atom. The molecule has 0 saturated heterocycles. The molecule has 0 amide bonds. The van der Waals surface area contributed by atoms with Crippen molar-refractivity contribution >= 4 is 22.6 Å². The highest BCUT2D eigenvalue weighted by Crippen LogP contribution is 2.00. The second-order valence-corrected chi connectivity index (χ2v) is 4.14. The second-order valence-electron chi connectivity index (χ2n) is 2.38. The molecule has 0 aliphatic carbocycles. The summed E-state index contributed by atoms with van der Waals surface area (Å²) in [6, 6.07) is 0. The standard InChI is InChI=1S/C7H15IO3/c1-2-7(10)5-11-4-6(8)3-9/h6-7,9-10H,2-5H2,1H3. The molecule has 0 aliphatic rings. The molecule has 0 bridgehead atoms. The van der Waals surface area contributed by atoms with Crippen molar-refractivity contribution in [3.8, 4) is 0 Å². The number of hydrogen-bond donors (Lipinski definition) is 2. The molecule has 0 aromatic heterocycles. The molecule has 0 radical (unpaired) electrons. The van der Waals surface area contributed by atoms with Gasteiger partial charge in [-0.25, -0.2) is 0 Å². The average molecular weight is 274 g/mol. The topological polar surface area (TPSA) is 49.7 Å². The van der Waals surface area contributed by atoms with E-state index in [2.05, 4.69) is 22.6 Å². The van der Waals surface area contributed by atoms with Gasteiger partial charge in [-0.15, -0.1) is 0 Å². The zero-order chi connectivity index (χ0) is 8.69. The van der Waals surface area contributed by atoms with Crippen LogP contribution >= 0.6 is 22.6 Å². The molecule has 2 N–H and O–H groups in total. The number of halogens is 1. The lowest BCUT2D eigenvalue weighted by atomic mass is 10.3. The highest BCUT2D eigenvalue weighted by Gasteiger charge is 2.04. The van der Waals surface area contributed by atoms with Crippen molar-refractivity contribution in [3.63, 3.8) is 0 Å². The smallest absolute Gasteiger partial charge is 0.0771 e. The summed E-state index contributed by atoms with van der Waals surface area (Å²) in [6.07, 6.45) is 0.350. The van der Waals surface area contributed by atoms with Gasteiger partial charge in [-0.05, 0) is 6.42 Å². The summed E-state index contributed by atoms with van der Waals surface area (Å²) < 4.78 is 5.26. The van der Waals surface area contributed by atoms with Crippen molar-refractivity contribution in [3.05, 3.63) is 0 Å². The first-order chi connectivity index (χ1) is 5.20. The Morgan fingerprint density at radius 3 is 2.55 bits per heavy atom. The maximum Gasteiger partial charge on any atom is 0.0771 e. The summed E-state index contributed by atoms with van der Waals surface area (Å²) >= 11 is 2.11. The fraction of sp³-hybridized carbons (Fsp3) is 1.00. The van der Waals surface area contributed by atoms with Crippen LogP contribution < -0.4 is 0 Å². The van der Waals surface area contributed by atoms with E-state index in [0.717, 1.165) is 0 Å². The van der Waals surface area contributed by atoms with E-state index in [1.54, 1.807) is 0 Å². The van der Waals surface area contributed by atoms with Gasteiger partial charge in [0.2, 0.25) is 0 Å². The molecule has 0 rings (SSSR count). The zero-order valence-electron chi connectivity index (χ0n) is 6.66. The first kappa shape index (κ1) is 11.6. The van der Waals surface area contributed by atoms with Crippen LogP contribution in [0.5, 0.6) is 0 Å². The Balaban J connectivity index is 3.13. The number of aliphatic hydroxyl groups is 2. The molecule has 0 spiro atoms. The molecule has 2 unspecified atom stereocenters. The van der Waals surface area contributed by atoms with E-state index in [-0.39, 0.29) is 16.6 Å². The van der Waals surface area contributed by atoms with E-state index in [0.29, 0.717) is 19.6 Å². The summed E-state index contributed by atoms with van der Waals surface area (Å²) in [5.41, 5.74) is 0. The molecule has 2 atom stereocenters. The molecule has 0 saturated carbocycles. The van der Waals surface area contributed by atoms with Crippen LogP contribution in [0, 0.1) is 0 Å². The van der Waals surface area contributed by atoms with Crippen molar-refractivity contribution < 1.29 is 14.9 Å². The lowest BCUT2D eigenvalue weighted by molar-refractivity contribution is 0.0331. The molecule has 11 heavy (non-hydrogen) atoms. The van der Waals surface area contributed by atoms with Crippen LogP contribution in [0.3, 0.4) is 0 Å². The van der Waals surface area contributed by atoms with Gasteiger partial charge in [0.1, 0.15) is 0 Å². The molecular weight excluding hydrogens is 259 g/mol. The molecule has 0 heterocycles. The maximum atomic E-state index is 9.05. The molecule has 0 aromatic rings. The van der Waals surface area contributed by atoms with E-state index in [4.69, 9.17) is 14.9 Å². The van der Waals surface area contributed by atoms with Gasteiger partial charge >= 0.3 is 0 Å². The normalized spacial score (nSPS) is 16.4. The minimum Gasteiger partial charge on any atom is -0.395 e. The molecule has 4 heteroatoms. The zero-order valence-corrected chi connectivity index (χ0v) is 8.82. The fourth-order valence-corrected chi connectivity index (χ4v) is 0.757. The van der Waals surface area contributed by atoms with Crippen LogP contribution in [-0.4, -0.2) is 40.1 Å². The van der Waals surface area contributed by atoms with Gasteiger partial charge in [0.05, 0.1) is 29.8 Å². The average Bonchev–Trinajstić information content (AvgIpc) is 2.04. The third kappa shape index (κ3) is 6.99. The van der Waals surface area contributed by atoms with E-state index < -0.39 is 0 Å². The SMILES string of the molecule is CCC(O)COCC(I)CO. The Hall–Kier alpha value is 0.610. The van der Waals surface area contributed by atoms with Crippen LogP contribution in [-0.2, 0) is 4.74 Å². The Kier molecular flexibility index (Phi) is 7.67. The number of hydrogen-bond acceptors (Lipinski definition) is 3. The van der Waals surface area contributed by atoms with Crippen molar-refractivity contribution in [1.29, 1.82) is 0 Å². The number of aliphatic hydroxyl groups excluding tert-OH is 2. The van der Waals surface area contributed by atoms with Gasteiger partial charge in [0, 0.05) is 0 Å². The van der Waals surface area contributed by atoms with E-state index in [9.17, 15) is 0 Å². The summed E-state index contributed by atoms with van der Waals surface area (Å²) in [4.78, 5) is 0. The maximum absolute atomic E-state index is 9.05. The van der Waals surface area contributed by atoms with E-state index >= 15 is 0 Å². The van der Waals surface area contributed by atoms with Crippen LogP contribution in [0.2, 0.25) is 0 Å². The summed E-state index contributed by atoms with van der Waals surface area (Å²) in [6.45, 7) is 2.91. The Morgan fingerprint density at radius 1 is 1.45 bits per heavy atom. The van der Waals surface area contributed by atoms with Crippen LogP contribution in [0.25, 0.3) is 0 Å².